The minimum absolute atomic E-state index is 0.726. The highest BCUT2D eigenvalue weighted by molar-refractivity contribution is 5.86. The number of nitriles is 1. The molecule has 2 heteroatoms. The fourth-order valence-electron chi connectivity index (χ4n) is 1.99. The smallest absolute Gasteiger partial charge is 0.0995 e. The van der Waals surface area contributed by atoms with Gasteiger partial charge in [0.15, 0.2) is 0 Å². The molecule has 14 heavy (non-hydrogen) atoms. The molecule has 0 bridgehead atoms. The zero-order valence-electron chi connectivity index (χ0n) is 8.17. The van der Waals surface area contributed by atoms with E-state index in [9.17, 15) is 0 Å². The van der Waals surface area contributed by atoms with Gasteiger partial charge in [-0.3, -0.25) is 0 Å². The Kier molecular flexibility index (Phi) is 2.01. The summed E-state index contributed by atoms with van der Waals surface area (Å²) >= 11 is 0. The Balaban J connectivity index is 2.67. The van der Waals surface area contributed by atoms with Gasteiger partial charge in [0, 0.05) is 11.3 Å². The summed E-state index contributed by atoms with van der Waals surface area (Å²) in [6, 6.07) is 6.25. The molecule has 0 saturated carbocycles. The summed E-state index contributed by atoms with van der Waals surface area (Å²) < 4.78 is 0. The SMILES string of the molecule is Cc1cc(N)c2c(c1)CCC=C2C#N. The lowest BCUT2D eigenvalue weighted by Crippen LogP contribution is -2.04. The number of hydrogen-bond donors (Lipinski definition) is 1. The largest absolute Gasteiger partial charge is 0.398 e. The number of fused-ring (bicyclic) bond motifs is 1. The Hall–Kier alpha value is -1.75. The Morgan fingerprint density at radius 2 is 2.21 bits per heavy atom. The third-order valence-corrected chi connectivity index (χ3v) is 2.55. The normalized spacial score (nSPS) is 14.1. The summed E-state index contributed by atoms with van der Waals surface area (Å²) in [5.41, 5.74) is 10.7. The molecule has 70 valence electrons. The van der Waals surface area contributed by atoms with E-state index in [4.69, 9.17) is 11.0 Å². The van der Waals surface area contributed by atoms with Crippen LogP contribution in [0.3, 0.4) is 0 Å². The van der Waals surface area contributed by atoms with E-state index in [1.165, 1.54) is 11.1 Å². The van der Waals surface area contributed by atoms with Gasteiger partial charge in [-0.05, 0) is 37.0 Å². The van der Waals surface area contributed by atoms with Crippen molar-refractivity contribution >= 4 is 11.3 Å². The number of nitrogens with two attached hydrogens (primary N) is 1. The number of benzene rings is 1. The number of hydrogen-bond acceptors (Lipinski definition) is 2. The quantitative estimate of drug-likeness (QED) is 0.629. The Labute approximate surface area is 83.7 Å². The molecule has 2 nitrogen and oxygen atoms in total. The van der Waals surface area contributed by atoms with Gasteiger partial charge in [0.1, 0.15) is 0 Å². The molecular weight excluding hydrogens is 172 g/mol. The summed E-state index contributed by atoms with van der Waals surface area (Å²) in [5, 5.41) is 8.96. The number of anilines is 1. The third-order valence-electron chi connectivity index (χ3n) is 2.55. The molecule has 1 aliphatic rings. The predicted molar refractivity (Wildman–Crippen MR) is 57.5 cm³/mol. The molecule has 0 saturated heterocycles. The molecule has 0 aromatic heterocycles. The molecule has 0 heterocycles. The second-order valence-corrected chi connectivity index (χ2v) is 3.66. The van der Waals surface area contributed by atoms with E-state index in [-0.39, 0.29) is 0 Å². The summed E-state index contributed by atoms with van der Waals surface area (Å²) in [6.45, 7) is 2.03. The van der Waals surface area contributed by atoms with Crippen molar-refractivity contribution in [1.82, 2.24) is 0 Å². The highest BCUT2D eigenvalue weighted by Gasteiger charge is 2.15. The van der Waals surface area contributed by atoms with Crippen LogP contribution < -0.4 is 5.73 Å². The maximum Gasteiger partial charge on any atom is 0.0995 e. The number of rotatable bonds is 0. The van der Waals surface area contributed by atoms with Gasteiger partial charge < -0.3 is 5.73 Å². The minimum Gasteiger partial charge on any atom is -0.398 e. The molecule has 0 spiro atoms. The molecule has 0 radical (unpaired) electrons. The highest BCUT2D eigenvalue weighted by atomic mass is 14.6. The van der Waals surface area contributed by atoms with Crippen LogP contribution in [0.4, 0.5) is 5.69 Å². The fraction of sp³-hybridized carbons (Fsp3) is 0.250. The van der Waals surface area contributed by atoms with Crippen molar-refractivity contribution in [3.05, 3.63) is 34.9 Å². The van der Waals surface area contributed by atoms with Crippen molar-refractivity contribution in [3.8, 4) is 6.07 Å². The van der Waals surface area contributed by atoms with Crippen LogP contribution in [0, 0.1) is 18.3 Å². The molecule has 1 aromatic rings. The summed E-state index contributed by atoms with van der Waals surface area (Å²) in [5.74, 6) is 0. The van der Waals surface area contributed by atoms with Gasteiger partial charge in [-0.25, -0.2) is 0 Å². The van der Waals surface area contributed by atoms with E-state index in [1.807, 2.05) is 19.1 Å². The van der Waals surface area contributed by atoms with Crippen molar-refractivity contribution < 1.29 is 0 Å². The zero-order valence-corrected chi connectivity index (χ0v) is 8.17. The molecule has 1 aliphatic carbocycles. The average Bonchev–Trinajstić information content (AvgIpc) is 2.16. The molecule has 2 N–H and O–H groups in total. The molecule has 0 amide bonds. The van der Waals surface area contributed by atoms with Crippen LogP contribution in [0.1, 0.15) is 23.1 Å². The van der Waals surface area contributed by atoms with E-state index in [0.29, 0.717) is 0 Å². The second kappa shape index (κ2) is 3.19. The topological polar surface area (TPSA) is 49.8 Å². The maximum atomic E-state index is 8.96. The van der Waals surface area contributed by atoms with Gasteiger partial charge in [0.25, 0.3) is 0 Å². The van der Waals surface area contributed by atoms with Gasteiger partial charge in [0.2, 0.25) is 0 Å². The van der Waals surface area contributed by atoms with Gasteiger partial charge in [0.05, 0.1) is 11.6 Å². The van der Waals surface area contributed by atoms with Gasteiger partial charge in [-0.1, -0.05) is 12.1 Å². The second-order valence-electron chi connectivity index (χ2n) is 3.66. The van der Waals surface area contributed by atoms with E-state index in [0.717, 1.165) is 29.7 Å². The van der Waals surface area contributed by atoms with Crippen LogP contribution in [0.2, 0.25) is 0 Å². The first kappa shape index (κ1) is 8.83. The zero-order chi connectivity index (χ0) is 10.1. The Morgan fingerprint density at radius 3 is 2.93 bits per heavy atom. The molecule has 0 aliphatic heterocycles. The molecule has 0 fully saturated rings. The monoisotopic (exact) mass is 184 g/mol. The lowest BCUT2D eigenvalue weighted by atomic mass is 9.89. The number of aryl methyl sites for hydroxylation is 2. The van der Waals surface area contributed by atoms with Crippen molar-refractivity contribution in [2.75, 3.05) is 5.73 Å². The molecule has 0 unspecified atom stereocenters. The van der Waals surface area contributed by atoms with Crippen LogP contribution in [0.15, 0.2) is 18.2 Å². The van der Waals surface area contributed by atoms with Crippen LogP contribution in [-0.2, 0) is 6.42 Å². The predicted octanol–water partition coefficient (Wildman–Crippen LogP) is 2.43. The van der Waals surface area contributed by atoms with E-state index < -0.39 is 0 Å². The maximum absolute atomic E-state index is 8.96. The van der Waals surface area contributed by atoms with Crippen molar-refractivity contribution in [3.63, 3.8) is 0 Å². The van der Waals surface area contributed by atoms with Gasteiger partial charge >= 0.3 is 0 Å². The lowest BCUT2D eigenvalue weighted by Gasteiger charge is -2.16. The van der Waals surface area contributed by atoms with Gasteiger partial charge in [-0.15, -0.1) is 0 Å². The molecule has 1 aromatic carbocycles. The van der Waals surface area contributed by atoms with E-state index in [1.54, 1.807) is 0 Å². The summed E-state index contributed by atoms with van der Waals surface area (Å²) in [4.78, 5) is 0. The first-order valence-corrected chi connectivity index (χ1v) is 4.72. The first-order valence-electron chi connectivity index (χ1n) is 4.72. The third kappa shape index (κ3) is 1.27. The van der Waals surface area contributed by atoms with E-state index in [2.05, 4.69) is 12.1 Å². The summed E-state index contributed by atoms with van der Waals surface area (Å²) in [6.07, 6.45) is 3.90. The highest BCUT2D eigenvalue weighted by Crippen LogP contribution is 2.31. The molecule has 2 rings (SSSR count). The van der Waals surface area contributed by atoms with Crippen LogP contribution in [0.5, 0.6) is 0 Å². The standard InChI is InChI=1S/C12H12N2/c1-8-5-9-3-2-4-10(7-13)12(9)11(14)6-8/h4-6H,2-3,14H2,1H3. The van der Waals surface area contributed by atoms with Crippen LogP contribution in [-0.4, -0.2) is 0 Å². The van der Waals surface area contributed by atoms with Gasteiger partial charge in [-0.2, -0.15) is 5.26 Å². The van der Waals surface area contributed by atoms with Crippen LogP contribution in [0.25, 0.3) is 5.57 Å². The van der Waals surface area contributed by atoms with Crippen molar-refractivity contribution in [2.45, 2.75) is 19.8 Å². The Bertz CT molecular complexity index is 450. The molecule has 0 atom stereocenters. The fourth-order valence-corrected chi connectivity index (χ4v) is 1.99. The van der Waals surface area contributed by atoms with Crippen molar-refractivity contribution in [2.24, 2.45) is 0 Å². The number of nitrogens with zero attached hydrogens (tertiary/aromatic N) is 1. The van der Waals surface area contributed by atoms with Crippen molar-refractivity contribution in [1.29, 1.82) is 5.26 Å². The number of nitrogen functional groups attached to an aromatic ring is 1. The Morgan fingerprint density at radius 1 is 1.43 bits per heavy atom. The van der Waals surface area contributed by atoms with Crippen LogP contribution >= 0.6 is 0 Å². The minimum atomic E-state index is 0.726. The average molecular weight is 184 g/mol. The summed E-state index contributed by atoms with van der Waals surface area (Å²) in [7, 11) is 0. The molecular formula is C12H12N2. The van der Waals surface area contributed by atoms with E-state index >= 15 is 0 Å². The lowest BCUT2D eigenvalue weighted by molar-refractivity contribution is 0.978. The first-order chi connectivity index (χ1) is 6.72. The number of allylic oxidation sites excluding steroid dienone is 2.